The maximum Gasteiger partial charge on any atom is 0.306 e. The number of carboxylic acid groups (broad SMARTS) is 1. The van der Waals surface area contributed by atoms with Gasteiger partial charge in [-0.25, -0.2) is 13.2 Å². The molecule has 36 heavy (non-hydrogen) atoms. The third-order valence-electron chi connectivity index (χ3n) is 6.00. The maximum atomic E-state index is 14.5. The number of hydrogen-bond donors (Lipinski definition) is 3. The Hall–Kier alpha value is -3.60. The summed E-state index contributed by atoms with van der Waals surface area (Å²) >= 11 is 1.12. The zero-order valence-electron chi connectivity index (χ0n) is 19.0. The van der Waals surface area contributed by atoms with Crippen molar-refractivity contribution in [1.82, 2.24) is 10.6 Å². The van der Waals surface area contributed by atoms with E-state index in [0.717, 1.165) is 23.5 Å². The van der Waals surface area contributed by atoms with Gasteiger partial charge in [-0.1, -0.05) is 6.07 Å². The van der Waals surface area contributed by atoms with Gasteiger partial charge in [0, 0.05) is 35.3 Å². The van der Waals surface area contributed by atoms with Crippen LogP contribution in [0.2, 0.25) is 0 Å². The quantitative estimate of drug-likeness (QED) is 0.380. The molecular formula is C25H23F3N2O5S. The Morgan fingerprint density at radius 1 is 0.917 bits per heavy atom. The van der Waals surface area contributed by atoms with Crippen LogP contribution in [0.25, 0.3) is 10.1 Å². The Morgan fingerprint density at radius 3 is 2.17 bits per heavy atom. The number of carbonyl (C=O) groups is 3. The molecule has 1 fully saturated rings. The molecule has 0 bridgehead atoms. The first-order chi connectivity index (χ1) is 17.2. The topological polar surface area (TPSA) is 105 Å². The Balaban J connectivity index is 1.28. The first kappa shape index (κ1) is 25.5. The van der Waals surface area contributed by atoms with Crippen LogP contribution in [-0.2, 0) is 4.79 Å². The van der Waals surface area contributed by atoms with Gasteiger partial charge in [-0.3, -0.25) is 14.4 Å². The highest BCUT2D eigenvalue weighted by atomic mass is 32.1. The highest BCUT2D eigenvalue weighted by molar-refractivity contribution is 7.20. The van der Waals surface area contributed by atoms with Crippen molar-refractivity contribution in [2.75, 3.05) is 13.1 Å². The average molecular weight is 521 g/mol. The van der Waals surface area contributed by atoms with Crippen LogP contribution >= 0.6 is 11.3 Å². The number of thiophene rings is 1. The standard InChI is InChI=1S/C25H23F3N2O5S/c26-17-2-1-3-20-16(17)12-21(36-20)23(31)29-8-9-30-24(32)22-18(27)10-15(11-19(22)28)35-14-6-4-13(5-7-14)25(33)34/h1-3,10-14H,4-9H2,(H,29,31)(H,30,32)(H,33,34). The molecule has 7 nitrogen and oxygen atoms in total. The number of nitrogens with one attached hydrogen (secondary N) is 2. The van der Waals surface area contributed by atoms with E-state index in [4.69, 9.17) is 9.84 Å². The van der Waals surface area contributed by atoms with Crippen LogP contribution in [0.4, 0.5) is 13.2 Å². The van der Waals surface area contributed by atoms with E-state index < -0.39 is 46.7 Å². The molecule has 3 aromatic rings. The number of fused-ring (bicyclic) bond motifs is 1. The lowest BCUT2D eigenvalue weighted by atomic mass is 9.87. The lowest BCUT2D eigenvalue weighted by Gasteiger charge is -2.26. The van der Waals surface area contributed by atoms with Crippen LogP contribution in [0.5, 0.6) is 5.75 Å². The number of hydrogen-bond acceptors (Lipinski definition) is 5. The summed E-state index contributed by atoms with van der Waals surface area (Å²) in [7, 11) is 0. The summed E-state index contributed by atoms with van der Waals surface area (Å²) in [6, 6.07) is 7.83. The van der Waals surface area contributed by atoms with Gasteiger partial charge in [-0.05, 0) is 43.9 Å². The van der Waals surface area contributed by atoms with Crippen LogP contribution < -0.4 is 15.4 Å². The molecule has 1 saturated carbocycles. The summed E-state index contributed by atoms with van der Waals surface area (Å²) in [5, 5.41) is 14.3. The van der Waals surface area contributed by atoms with E-state index in [0.29, 0.717) is 40.6 Å². The van der Waals surface area contributed by atoms with Crippen LogP contribution in [0.15, 0.2) is 36.4 Å². The first-order valence-electron chi connectivity index (χ1n) is 11.4. The van der Waals surface area contributed by atoms with E-state index >= 15 is 0 Å². The Morgan fingerprint density at radius 2 is 1.56 bits per heavy atom. The highest BCUT2D eigenvalue weighted by Gasteiger charge is 2.28. The van der Waals surface area contributed by atoms with Gasteiger partial charge in [0.1, 0.15) is 28.8 Å². The van der Waals surface area contributed by atoms with Gasteiger partial charge in [0.15, 0.2) is 0 Å². The normalized spacial score (nSPS) is 17.5. The molecule has 0 saturated heterocycles. The van der Waals surface area contributed by atoms with Crippen molar-refractivity contribution in [3.8, 4) is 5.75 Å². The smallest absolute Gasteiger partial charge is 0.306 e. The fourth-order valence-electron chi connectivity index (χ4n) is 4.12. The summed E-state index contributed by atoms with van der Waals surface area (Å²) in [5.41, 5.74) is -0.775. The monoisotopic (exact) mass is 520 g/mol. The minimum Gasteiger partial charge on any atom is -0.490 e. The van der Waals surface area contributed by atoms with Crippen LogP contribution in [0.1, 0.15) is 45.7 Å². The van der Waals surface area contributed by atoms with Crippen molar-refractivity contribution in [2.45, 2.75) is 31.8 Å². The van der Waals surface area contributed by atoms with Crippen molar-refractivity contribution >= 4 is 39.2 Å². The molecule has 1 aliphatic carbocycles. The van der Waals surface area contributed by atoms with Crippen molar-refractivity contribution in [1.29, 1.82) is 0 Å². The predicted molar refractivity (Wildman–Crippen MR) is 127 cm³/mol. The second kappa shape index (κ2) is 11.0. The molecule has 0 radical (unpaired) electrons. The molecule has 2 amide bonds. The van der Waals surface area contributed by atoms with E-state index in [-0.39, 0.29) is 24.9 Å². The van der Waals surface area contributed by atoms with Gasteiger partial charge in [0.05, 0.1) is 16.9 Å². The Labute approximate surface area is 208 Å². The number of benzene rings is 2. The SMILES string of the molecule is O=C(NCCNC(=O)c1c(F)cc(OC2CCC(C(=O)O)CC2)cc1F)c1cc2c(F)cccc2s1. The minimum atomic E-state index is -1.10. The number of carboxylic acids is 1. The van der Waals surface area contributed by atoms with E-state index in [9.17, 15) is 27.6 Å². The fourth-order valence-corrected chi connectivity index (χ4v) is 5.11. The summed E-state index contributed by atoms with van der Waals surface area (Å²) < 4.78 is 49.1. The molecule has 1 heterocycles. The molecule has 11 heteroatoms. The lowest BCUT2D eigenvalue weighted by molar-refractivity contribution is -0.143. The second-order valence-electron chi connectivity index (χ2n) is 8.47. The Bertz CT molecular complexity index is 1280. The van der Waals surface area contributed by atoms with Crippen molar-refractivity contribution in [3.05, 3.63) is 64.3 Å². The molecule has 0 unspecified atom stereocenters. The average Bonchev–Trinajstić information content (AvgIpc) is 3.28. The molecule has 4 rings (SSSR count). The molecule has 0 atom stereocenters. The molecule has 2 aromatic carbocycles. The van der Waals surface area contributed by atoms with Crippen LogP contribution in [0, 0.1) is 23.4 Å². The van der Waals surface area contributed by atoms with Gasteiger partial charge in [0.25, 0.3) is 11.8 Å². The number of amides is 2. The van der Waals surface area contributed by atoms with E-state index in [2.05, 4.69) is 10.6 Å². The first-order valence-corrected chi connectivity index (χ1v) is 12.2. The lowest BCUT2D eigenvalue weighted by Crippen LogP contribution is -2.35. The second-order valence-corrected chi connectivity index (χ2v) is 9.55. The van der Waals surface area contributed by atoms with Crippen LogP contribution in [0.3, 0.4) is 0 Å². The van der Waals surface area contributed by atoms with Crippen LogP contribution in [-0.4, -0.2) is 42.1 Å². The molecule has 3 N–H and O–H groups in total. The molecule has 190 valence electrons. The van der Waals surface area contributed by atoms with Gasteiger partial charge >= 0.3 is 5.97 Å². The fraction of sp³-hybridized carbons (Fsp3) is 0.320. The predicted octanol–water partition coefficient (Wildman–Crippen LogP) is 4.50. The van der Waals surface area contributed by atoms with E-state index in [1.165, 1.54) is 12.1 Å². The Kier molecular flexibility index (Phi) is 7.78. The van der Waals surface area contributed by atoms with Gasteiger partial charge in [-0.15, -0.1) is 11.3 Å². The number of halogens is 3. The molecule has 0 aliphatic heterocycles. The number of aliphatic carboxylic acids is 1. The largest absolute Gasteiger partial charge is 0.490 e. The third kappa shape index (κ3) is 5.78. The van der Waals surface area contributed by atoms with Crippen molar-refractivity contribution < 1.29 is 37.4 Å². The van der Waals surface area contributed by atoms with Crippen molar-refractivity contribution in [2.24, 2.45) is 5.92 Å². The van der Waals surface area contributed by atoms with E-state index in [1.807, 2.05) is 0 Å². The zero-order valence-corrected chi connectivity index (χ0v) is 19.8. The summed E-state index contributed by atoms with van der Waals surface area (Å²) in [5.74, 6) is -5.46. The third-order valence-corrected chi connectivity index (χ3v) is 7.10. The number of rotatable bonds is 8. The zero-order chi connectivity index (χ0) is 25.8. The molecule has 1 aliphatic rings. The summed E-state index contributed by atoms with van der Waals surface area (Å²) in [4.78, 5) is 36.0. The van der Waals surface area contributed by atoms with Gasteiger partial charge in [-0.2, -0.15) is 0 Å². The van der Waals surface area contributed by atoms with Crippen molar-refractivity contribution in [3.63, 3.8) is 0 Å². The molecular weight excluding hydrogens is 497 g/mol. The highest BCUT2D eigenvalue weighted by Crippen LogP contribution is 2.30. The summed E-state index contributed by atoms with van der Waals surface area (Å²) in [6.45, 7) is -0.0987. The minimum absolute atomic E-state index is 0.00918. The maximum absolute atomic E-state index is 14.5. The number of carbonyl (C=O) groups excluding carboxylic acids is 2. The number of ether oxygens (including phenoxy) is 1. The summed E-state index contributed by atoms with van der Waals surface area (Å²) in [6.07, 6.45) is 1.37. The van der Waals surface area contributed by atoms with Gasteiger partial charge < -0.3 is 20.5 Å². The molecule has 0 spiro atoms. The van der Waals surface area contributed by atoms with E-state index in [1.54, 1.807) is 12.1 Å². The van der Waals surface area contributed by atoms with Gasteiger partial charge in [0.2, 0.25) is 0 Å². The molecule has 1 aromatic heterocycles.